The van der Waals surface area contributed by atoms with E-state index in [4.69, 9.17) is 14.2 Å². The van der Waals surface area contributed by atoms with Gasteiger partial charge in [0.25, 0.3) is 0 Å². The molecule has 114 valence electrons. The van der Waals surface area contributed by atoms with Crippen molar-refractivity contribution in [2.75, 3.05) is 6.61 Å². The Morgan fingerprint density at radius 2 is 2.10 bits per heavy atom. The Balaban J connectivity index is 1.78. The summed E-state index contributed by atoms with van der Waals surface area (Å²) in [5, 5.41) is 22.5. The van der Waals surface area contributed by atoms with Crippen molar-refractivity contribution in [2.45, 2.75) is 55.4 Å². The van der Waals surface area contributed by atoms with E-state index in [9.17, 15) is 15.0 Å². The molecule has 2 saturated carbocycles. The summed E-state index contributed by atoms with van der Waals surface area (Å²) in [5.41, 5.74) is -3.68. The number of hydrogen-bond donors (Lipinski definition) is 2. The molecule has 8 atom stereocenters. The fraction of sp³-hybridized carbons (Fsp3) is 0.800. The quantitative estimate of drug-likeness (QED) is 0.386. The van der Waals surface area contributed by atoms with Crippen molar-refractivity contribution in [2.24, 2.45) is 11.3 Å². The van der Waals surface area contributed by atoms with Gasteiger partial charge < -0.3 is 24.4 Å². The molecule has 6 nitrogen and oxygen atoms in total. The standard InChI is InChI=1S/C15H18O6/c1-6(2)13-4-7(10(16)21-13)15(18)9-8(20-9)14(5-19-14)12(15,3)11(13)17/h7-9,11,17-18H,1,4-5H2,2-3H3. The van der Waals surface area contributed by atoms with Crippen LogP contribution in [0, 0.1) is 11.3 Å². The molecule has 0 aromatic carbocycles. The molecule has 3 aliphatic heterocycles. The van der Waals surface area contributed by atoms with E-state index in [2.05, 4.69) is 6.58 Å². The highest BCUT2D eigenvalue weighted by Gasteiger charge is 2.94. The first-order chi connectivity index (χ1) is 9.76. The average molecular weight is 294 g/mol. The van der Waals surface area contributed by atoms with Crippen molar-refractivity contribution < 1.29 is 29.2 Å². The highest BCUT2D eigenvalue weighted by atomic mass is 16.7. The minimum Gasteiger partial charge on any atom is -0.451 e. The highest BCUT2D eigenvalue weighted by Crippen LogP contribution is 2.76. The minimum atomic E-state index is -1.44. The van der Waals surface area contributed by atoms with Gasteiger partial charge in [-0.25, -0.2) is 0 Å². The number of rotatable bonds is 1. The SMILES string of the molecule is C=C(C)C12CC(C(=O)O1)C1(O)C3OC3C3(CO3)C1(C)C2O. The fourth-order valence-corrected chi connectivity index (χ4v) is 5.43. The van der Waals surface area contributed by atoms with Gasteiger partial charge in [0.2, 0.25) is 0 Å². The van der Waals surface area contributed by atoms with Gasteiger partial charge >= 0.3 is 5.97 Å². The van der Waals surface area contributed by atoms with E-state index < -0.39 is 46.3 Å². The maximum Gasteiger partial charge on any atom is 0.313 e. The predicted octanol–water partition coefficient (Wildman–Crippen LogP) is -0.474. The van der Waals surface area contributed by atoms with Crippen LogP contribution in [0.15, 0.2) is 12.2 Å². The van der Waals surface area contributed by atoms with E-state index in [1.54, 1.807) is 13.8 Å². The van der Waals surface area contributed by atoms with Crippen LogP contribution >= 0.6 is 0 Å². The van der Waals surface area contributed by atoms with Crippen molar-refractivity contribution in [1.29, 1.82) is 0 Å². The lowest BCUT2D eigenvalue weighted by atomic mass is 9.52. The van der Waals surface area contributed by atoms with Gasteiger partial charge in [0.05, 0.1) is 17.9 Å². The van der Waals surface area contributed by atoms with Crippen LogP contribution in [0.25, 0.3) is 0 Å². The fourth-order valence-electron chi connectivity index (χ4n) is 5.43. The van der Waals surface area contributed by atoms with Crippen LogP contribution in [0.5, 0.6) is 0 Å². The van der Waals surface area contributed by atoms with Gasteiger partial charge in [-0.15, -0.1) is 0 Å². The van der Waals surface area contributed by atoms with Crippen molar-refractivity contribution >= 4 is 5.97 Å². The smallest absolute Gasteiger partial charge is 0.313 e. The summed E-state index contributed by atoms with van der Waals surface area (Å²) in [4.78, 5) is 12.4. The first-order valence-electron chi connectivity index (χ1n) is 7.34. The molecule has 3 heterocycles. The maximum absolute atomic E-state index is 12.4. The molecule has 8 unspecified atom stereocenters. The average Bonchev–Trinajstić information content (AvgIpc) is 3.28. The van der Waals surface area contributed by atoms with Gasteiger partial charge in [0.15, 0.2) is 5.60 Å². The molecule has 0 aromatic rings. The number of esters is 1. The number of aliphatic hydroxyl groups excluding tert-OH is 1. The molecule has 1 spiro atoms. The van der Waals surface area contributed by atoms with Crippen LogP contribution in [-0.4, -0.2) is 57.9 Å². The van der Waals surface area contributed by atoms with E-state index in [0.717, 1.165) is 0 Å². The van der Waals surface area contributed by atoms with E-state index >= 15 is 0 Å². The Hall–Kier alpha value is -0.950. The van der Waals surface area contributed by atoms with Gasteiger partial charge in [-0.1, -0.05) is 13.5 Å². The molecule has 21 heavy (non-hydrogen) atoms. The monoisotopic (exact) mass is 294 g/mol. The summed E-state index contributed by atoms with van der Waals surface area (Å²) in [5.74, 6) is -1.18. The summed E-state index contributed by atoms with van der Waals surface area (Å²) in [6.07, 6.45) is -1.51. The van der Waals surface area contributed by atoms with Crippen molar-refractivity contribution in [3.05, 3.63) is 12.2 Å². The molecule has 2 aliphatic carbocycles. The molecule has 6 heteroatoms. The zero-order chi connectivity index (χ0) is 15.0. The zero-order valence-electron chi connectivity index (χ0n) is 12.0. The van der Waals surface area contributed by atoms with Crippen LogP contribution in [0.3, 0.4) is 0 Å². The molecule has 5 fully saturated rings. The molecule has 0 aromatic heterocycles. The van der Waals surface area contributed by atoms with E-state index in [1.807, 2.05) is 0 Å². The lowest BCUT2D eigenvalue weighted by Crippen LogP contribution is -2.71. The van der Waals surface area contributed by atoms with Gasteiger partial charge in [-0.05, 0) is 12.5 Å². The number of carbonyl (C=O) groups excluding carboxylic acids is 1. The van der Waals surface area contributed by atoms with E-state index in [0.29, 0.717) is 12.2 Å². The summed E-state index contributed by atoms with van der Waals surface area (Å²) in [7, 11) is 0. The number of aliphatic hydroxyl groups is 2. The van der Waals surface area contributed by atoms with Gasteiger partial charge in [0, 0.05) is 6.42 Å². The molecule has 0 radical (unpaired) electrons. The van der Waals surface area contributed by atoms with Crippen LogP contribution < -0.4 is 0 Å². The van der Waals surface area contributed by atoms with Gasteiger partial charge in [-0.3, -0.25) is 4.79 Å². The van der Waals surface area contributed by atoms with Crippen LogP contribution in [-0.2, 0) is 19.0 Å². The largest absolute Gasteiger partial charge is 0.451 e. The Bertz CT molecular complexity index is 611. The van der Waals surface area contributed by atoms with E-state index in [1.165, 1.54) is 0 Å². The van der Waals surface area contributed by atoms with Gasteiger partial charge in [0.1, 0.15) is 29.5 Å². The molecule has 0 amide bonds. The summed E-state index contributed by atoms with van der Waals surface area (Å²) >= 11 is 0. The first-order valence-corrected chi connectivity index (χ1v) is 7.34. The molecule has 5 aliphatic rings. The van der Waals surface area contributed by atoms with Crippen molar-refractivity contribution in [3.8, 4) is 0 Å². The number of carbonyl (C=O) groups is 1. The Morgan fingerprint density at radius 3 is 2.67 bits per heavy atom. The Labute approximate surface area is 121 Å². The lowest BCUT2D eigenvalue weighted by molar-refractivity contribution is -0.237. The van der Waals surface area contributed by atoms with E-state index in [-0.39, 0.29) is 12.5 Å². The number of ether oxygens (including phenoxy) is 3. The van der Waals surface area contributed by atoms with Crippen LogP contribution in [0.1, 0.15) is 20.3 Å². The molecular weight excluding hydrogens is 276 g/mol. The molecule has 2 bridgehead atoms. The zero-order valence-corrected chi connectivity index (χ0v) is 12.0. The normalized spacial score (nSPS) is 65.8. The topological polar surface area (TPSA) is 91.8 Å². The third-order valence-corrected chi connectivity index (χ3v) is 6.87. The maximum atomic E-state index is 12.4. The Kier molecular flexibility index (Phi) is 1.75. The third-order valence-electron chi connectivity index (χ3n) is 6.87. The first kappa shape index (κ1) is 12.6. The predicted molar refractivity (Wildman–Crippen MR) is 68.2 cm³/mol. The number of epoxide rings is 2. The molecule has 3 saturated heterocycles. The van der Waals surface area contributed by atoms with Gasteiger partial charge in [-0.2, -0.15) is 0 Å². The van der Waals surface area contributed by atoms with Crippen LogP contribution in [0.2, 0.25) is 0 Å². The minimum absolute atomic E-state index is 0.239. The second-order valence-electron chi connectivity index (χ2n) is 7.43. The summed E-state index contributed by atoms with van der Waals surface area (Å²) < 4.78 is 16.8. The number of fused-ring (bicyclic) bond motifs is 8. The molecule has 5 rings (SSSR count). The summed E-state index contributed by atoms with van der Waals surface area (Å²) in [6, 6.07) is 0. The second-order valence-corrected chi connectivity index (χ2v) is 7.43. The van der Waals surface area contributed by atoms with Crippen molar-refractivity contribution in [1.82, 2.24) is 0 Å². The lowest BCUT2D eigenvalue weighted by Gasteiger charge is -2.55. The van der Waals surface area contributed by atoms with Crippen LogP contribution in [0.4, 0.5) is 0 Å². The third kappa shape index (κ3) is 0.909. The molecular formula is C15H18O6. The number of hydrogen-bond acceptors (Lipinski definition) is 6. The summed E-state index contributed by atoms with van der Waals surface area (Å²) in [6.45, 7) is 7.88. The molecule has 2 N–H and O–H groups in total. The van der Waals surface area contributed by atoms with Crippen molar-refractivity contribution in [3.63, 3.8) is 0 Å². The second kappa shape index (κ2) is 2.93. The Morgan fingerprint density at radius 1 is 1.43 bits per heavy atom. The highest BCUT2D eigenvalue weighted by molar-refractivity contribution is 5.80.